The minimum absolute atomic E-state index is 0.0108. The van der Waals surface area contributed by atoms with Crippen molar-refractivity contribution in [3.8, 4) is 0 Å². The van der Waals surface area contributed by atoms with E-state index in [2.05, 4.69) is 41.4 Å². The summed E-state index contributed by atoms with van der Waals surface area (Å²) in [7, 11) is 0. The molecule has 0 aliphatic carbocycles. The number of piperidine rings is 1. The van der Waals surface area contributed by atoms with Gasteiger partial charge >= 0.3 is 0 Å². The SMILES string of the molecule is CC1CCCN(c2ccc(C(C)NC(=O)CSCc3ccc([N+](=O)[O-])cc3)cc2)C1. The average Bonchev–Trinajstić information content (AvgIpc) is 2.74. The van der Waals surface area contributed by atoms with Crippen LogP contribution in [0.4, 0.5) is 11.4 Å². The quantitative estimate of drug-likeness (QED) is 0.477. The van der Waals surface area contributed by atoms with Crippen LogP contribution < -0.4 is 10.2 Å². The molecular formula is C23H29N3O3S. The third-order valence-corrected chi connectivity index (χ3v) is 6.45. The number of thioether (sulfide) groups is 1. The van der Waals surface area contributed by atoms with E-state index in [9.17, 15) is 14.9 Å². The Morgan fingerprint density at radius 2 is 1.93 bits per heavy atom. The second-order valence-corrected chi connectivity index (χ2v) is 8.98. The van der Waals surface area contributed by atoms with Crippen molar-refractivity contribution in [1.29, 1.82) is 0 Å². The maximum absolute atomic E-state index is 12.3. The molecule has 7 heteroatoms. The van der Waals surface area contributed by atoms with Crippen LogP contribution in [0, 0.1) is 16.0 Å². The standard InChI is InChI=1S/C23H29N3O3S/c1-17-4-3-13-25(14-17)21-11-7-20(8-12-21)18(2)24-23(27)16-30-15-19-5-9-22(10-6-19)26(28)29/h5-12,17-18H,3-4,13-16H2,1-2H3,(H,24,27). The van der Waals surface area contributed by atoms with Gasteiger partial charge in [-0.05, 0) is 48.9 Å². The molecule has 1 amide bonds. The van der Waals surface area contributed by atoms with E-state index in [-0.39, 0.29) is 17.6 Å². The molecule has 6 nitrogen and oxygen atoms in total. The lowest BCUT2D eigenvalue weighted by Gasteiger charge is -2.33. The number of rotatable bonds is 8. The summed E-state index contributed by atoms with van der Waals surface area (Å²) in [6, 6.07) is 14.9. The molecule has 160 valence electrons. The summed E-state index contributed by atoms with van der Waals surface area (Å²) in [6.45, 7) is 6.52. The van der Waals surface area contributed by atoms with E-state index in [1.807, 2.05) is 6.92 Å². The Morgan fingerprint density at radius 3 is 2.57 bits per heavy atom. The summed E-state index contributed by atoms with van der Waals surface area (Å²) >= 11 is 1.50. The Kier molecular flexibility index (Phi) is 7.74. The third-order valence-electron chi connectivity index (χ3n) is 5.44. The van der Waals surface area contributed by atoms with Gasteiger partial charge in [-0.1, -0.05) is 31.2 Å². The van der Waals surface area contributed by atoms with Crippen LogP contribution in [0.3, 0.4) is 0 Å². The minimum Gasteiger partial charge on any atom is -0.371 e. The molecule has 1 fully saturated rings. The molecule has 0 saturated carbocycles. The van der Waals surface area contributed by atoms with Gasteiger partial charge in [0.15, 0.2) is 0 Å². The molecule has 2 unspecified atom stereocenters. The Balaban J connectivity index is 1.44. The van der Waals surface area contributed by atoms with Crippen molar-refractivity contribution in [2.24, 2.45) is 5.92 Å². The molecule has 1 heterocycles. The number of nitro benzene ring substituents is 1. The number of carbonyl (C=O) groups excluding carboxylic acids is 1. The zero-order valence-electron chi connectivity index (χ0n) is 17.5. The average molecular weight is 428 g/mol. The zero-order chi connectivity index (χ0) is 21.5. The van der Waals surface area contributed by atoms with Gasteiger partial charge in [-0.3, -0.25) is 14.9 Å². The molecule has 0 aromatic heterocycles. The van der Waals surface area contributed by atoms with Crippen molar-refractivity contribution in [3.05, 3.63) is 69.8 Å². The van der Waals surface area contributed by atoms with Gasteiger partial charge in [0.2, 0.25) is 5.91 Å². The number of nitrogens with zero attached hydrogens (tertiary/aromatic N) is 2. The summed E-state index contributed by atoms with van der Waals surface area (Å²) in [6.07, 6.45) is 2.55. The first-order valence-electron chi connectivity index (χ1n) is 10.4. The highest BCUT2D eigenvalue weighted by Gasteiger charge is 2.17. The molecule has 2 aromatic carbocycles. The largest absolute Gasteiger partial charge is 0.371 e. The number of nitrogens with one attached hydrogen (secondary N) is 1. The molecule has 30 heavy (non-hydrogen) atoms. The minimum atomic E-state index is -0.411. The molecule has 2 atom stereocenters. The second kappa shape index (κ2) is 10.5. The second-order valence-electron chi connectivity index (χ2n) is 7.99. The van der Waals surface area contributed by atoms with Gasteiger partial charge in [0, 0.05) is 36.7 Å². The fourth-order valence-corrected chi connectivity index (χ4v) is 4.54. The summed E-state index contributed by atoms with van der Waals surface area (Å²) < 4.78 is 0. The van der Waals surface area contributed by atoms with Crippen LogP contribution in [-0.2, 0) is 10.5 Å². The molecular weight excluding hydrogens is 398 g/mol. The first kappa shape index (κ1) is 22.2. The van der Waals surface area contributed by atoms with Crippen LogP contribution in [0.2, 0.25) is 0 Å². The summed E-state index contributed by atoms with van der Waals surface area (Å²) in [5.74, 6) is 1.72. The monoisotopic (exact) mass is 427 g/mol. The molecule has 3 rings (SSSR count). The van der Waals surface area contributed by atoms with Crippen molar-refractivity contribution in [2.45, 2.75) is 38.5 Å². The predicted octanol–water partition coefficient (Wildman–Crippen LogP) is 4.94. The predicted molar refractivity (Wildman–Crippen MR) is 123 cm³/mol. The van der Waals surface area contributed by atoms with Crippen molar-refractivity contribution in [3.63, 3.8) is 0 Å². The van der Waals surface area contributed by atoms with Crippen molar-refractivity contribution >= 4 is 29.0 Å². The molecule has 1 N–H and O–H groups in total. The van der Waals surface area contributed by atoms with E-state index in [1.165, 1.54) is 42.4 Å². The molecule has 0 radical (unpaired) electrons. The lowest BCUT2D eigenvalue weighted by molar-refractivity contribution is -0.384. The first-order chi connectivity index (χ1) is 14.4. The van der Waals surface area contributed by atoms with E-state index in [4.69, 9.17) is 0 Å². The van der Waals surface area contributed by atoms with Crippen LogP contribution in [0.1, 0.15) is 43.9 Å². The number of non-ortho nitro benzene ring substituents is 1. The highest BCUT2D eigenvalue weighted by molar-refractivity contribution is 7.99. The Bertz CT molecular complexity index is 855. The first-order valence-corrected chi connectivity index (χ1v) is 11.5. The smallest absolute Gasteiger partial charge is 0.269 e. The molecule has 2 aromatic rings. The van der Waals surface area contributed by atoms with E-state index < -0.39 is 4.92 Å². The number of anilines is 1. The Hall–Kier alpha value is -2.54. The highest BCUT2D eigenvalue weighted by Crippen LogP contribution is 2.25. The maximum atomic E-state index is 12.3. The molecule has 0 spiro atoms. The number of hydrogen-bond acceptors (Lipinski definition) is 5. The van der Waals surface area contributed by atoms with E-state index in [0.29, 0.717) is 11.5 Å². The van der Waals surface area contributed by atoms with Crippen LogP contribution >= 0.6 is 11.8 Å². The lowest BCUT2D eigenvalue weighted by atomic mass is 9.99. The van der Waals surface area contributed by atoms with Gasteiger partial charge in [0.25, 0.3) is 5.69 Å². The normalized spacial score (nSPS) is 17.4. The fraction of sp³-hybridized carbons (Fsp3) is 0.435. The van der Waals surface area contributed by atoms with Crippen molar-refractivity contribution in [1.82, 2.24) is 5.32 Å². The van der Waals surface area contributed by atoms with Crippen molar-refractivity contribution < 1.29 is 9.72 Å². The van der Waals surface area contributed by atoms with Gasteiger partial charge < -0.3 is 10.2 Å². The van der Waals surface area contributed by atoms with Crippen LogP contribution in [0.15, 0.2) is 48.5 Å². The van der Waals surface area contributed by atoms with Gasteiger partial charge in [-0.15, -0.1) is 11.8 Å². The van der Waals surface area contributed by atoms with Gasteiger partial charge in [0.05, 0.1) is 16.7 Å². The topological polar surface area (TPSA) is 75.5 Å². The number of carbonyl (C=O) groups is 1. The third kappa shape index (κ3) is 6.23. The highest BCUT2D eigenvalue weighted by atomic mass is 32.2. The number of hydrogen-bond donors (Lipinski definition) is 1. The van der Waals surface area contributed by atoms with E-state index >= 15 is 0 Å². The maximum Gasteiger partial charge on any atom is 0.269 e. The summed E-state index contributed by atoms with van der Waals surface area (Å²) in [5, 5.41) is 13.7. The summed E-state index contributed by atoms with van der Waals surface area (Å²) in [5.41, 5.74) is 3.39. The number of benzene rings is 2. The van der Waals surface area contributed by atoms with E-state index in [1.54, 1.807) is 12.1 Å². The van der Waals surface area contributed by atoms with Gasteiger partial charge in [-0.25, -0.2) is 0 Å². The van der Waals surface area contributed by atoms with E-state index in [0.717, 1.165) is 30.1 Å². The molecule has 1 aliphatic heterocycles. The number of amides is 1. The van der Waals surface area contributed by atoms with Crippen LogP contribution in [0.25, 0.3) is 0 Å². The molecule has 0 bridgehead atoms. The lowest BCUT2D eigenvalue weighted by Crippen LogP contribution is -2.34. The molecule has 1 aliphatic rings. The Labute approximate surface area is 182 Å². The molecule has 1 saturated heterocycles. The zero-order valence-corrected chi connectivity index (χ0v) is 18.4. The van der Waals surface area contributed by atoms with Gasteiger partial charge in [0.1, 0.15) is 0 Å². The summed E-state index contributed by atoms with van der Waals surface area (Å²) in [4.78, 5) is 25.0. The van der Waals surface area contributed by atoms with Crippen molar-refractivity contribution in [2.75, 3.05) is 23.7 Å². The van der Waals surface area contributed by atoms with Gasteiger partial charge in [-0.2, -0.15) is 0 Å². The fourth-order valence-electron chi connectivity index (χ4n) is 3.74. The Morgan fingerprint density at radius 1 is 1.23 bits per heavy atom. The van der Waals surface area contributed by atoms with Crippen LogP contribution in [-0.4, -0.2) is 29.7 Å². The van der Waals surface area contributed by atoms with Crippen LogP contribution in [0.5, 0.6) is 0 Å². The number of nitro groups is 1.